The third kappa shape index (κ3) is 3.29. The minimum absolute atomic E-state index is 0.170. The second kappa shape index (κ2) is 6.61. The van der Waals surface area contributed by atoms with Crippen LogP contribution in [-0.4, -0.2) is 12.6 Å². The summed E-state index contributed by atoms with van der Waals surface area (Å²) in [7, 11) is 0. The van der Waals surface area contributed by atoms with Gasteiger partial charge in [0.15, 0.2) is 0 Å². The molecule has 4 heteroatoms. The third-order valence-electron chi connectivity index (χ3n) is 2.94. The fourth-order valence-corrected chi connectivity index (χ4v) is 2.00. The van der Waals surface area contributed by atoms with E-state index < -0.39 is 0 Å². The maximum absolute atomic E-state index is 12.4. The number of hydrogen-bond acceptors (Lipinski definition) is 2. The number of hydrogen-bond donors (Lipinski definition) is 2. The first-order valence-electron chi connectivity index (χ1n) is 6.70. The first kappa shape index (κ1) is 13.9. The van der Waals surface area contributed by atoms with Gasteiger partial charge in [0.2, 0.25) is 0 Å². The number of amides is 2. The Labute approximate surface area is 119 Å². The van der Waals surface area contributed by atoms with E-state index in [0.717, 1.165) is 17.8 Å². The zero-order chi connectivity index (χ0) is 14.4. The molecule has 2 aromatic carbocycles. The summed E-state index contributed by atoms with van der Waals surface area (Å²) in [5.41, 5.74) is 8.07. The van der Waals surface area contributed by atoms with Gasteiger partial charge < -0.3 is 11.1 Å². The molecule has 0 unspecified atom stereocenters. The highest BCUT2D eigenvalue weighted by Crippen LogP contribution is 2.23. The van der Waals surface area contributed by atoms with Crippen molar-refractivity contribution in [2.45, 2.75) is 13.3 Å². The van der Waals surface area contributed by atoms with Gasteiger partial charge in [-0.1, -0.05) is 37.3 Å². The Bertz CT molecular complexity index is 569. The number of rotatable bonds is 4. The highest BCUT2D eigenvalue weighted by Gasteiger charge is 2.16. The van der Waals surface area contributed by atoms with Crippen LogP contribution in [-0.2, 0) is 0 Å². The lowest BCUT2D eigenvalue weighted by Gasteiger charge is -2.24. The molecule has 0 saturated carbocycles. The van der Waals surface area contributed by atoms with Gasteiger partial charge in [-0.3, -0.25) is 4.90 Å². The number of carbonyl (C=O) groups excluding carboxylic acids is 1. The standard InChI is InChI=1S/C16H19N3O/c1-2-12-19(15-11-7-6-10-14(15)17)16(20)18-13-8-4-3-5-9-13/h3-11H,2,12,17H2,1H3,(H,18,20). The first-order chi connectivity index (χ1) is 9.72. The Morgan fingerprint density at radius 3 is 2.40 bits per heavy atom. The highest BCUT2D eigenvalue weighted by molar-refractivity contribution is 6.03. The van der Waals surface area contributed by atoms with Gasteiger partial charge in [0, 0.05) is 12.2 Å². The van der Waals surface area contributed by atoms with Crippen LogP contribution in [0, 0.1) is 0 Å². The number of carbonyl (C=O) groups is 1. The molecule has 0 aliphatic rings. The SMILES string of the molecule is CCCN(C(=O)Nc1ccccc1)c1ccccc1N. The molecule has 20 heavy (non-hydrogen) atoms. The van der Waals surface area contributed by atoms with Crippen molar-refractivity contribution < 1.29 is 4.79 Å². The molecule has 2 rings (SSSR count). The van der Waals surface area contributed by atoms with Crippen LogP contribution in [0.15, 0.2) is 54.6 Å². The predicted octanol–water partition coefficient (Wildman–Crippen LogP) is 3.72. The largest absolute Gasteiger partial charge is 0.397 e. The monoisotopic (exact) mass is 269 g/mol. The molecule has 2 amide bonds. The van der Waals surface area contributed by atoms with Crippen LogP contribution in [0.3, 0.4) is 0 Å². The summed E-state index contributed by atoms with van der Waals surface area (Å²) in [5.74, 6) is 0. The maximum Gasteiger partial charge on any atom is 0.326 e. The van der Waals surface area contributed by atoms with E-state index in [1.165, 1.54) is 0 Å². The van der Waals surface area contributed by atoms with E-state index in [1.54, 1.807) is 11.0 Å². The molecule has 0 fully saturated rings. The van der Waals surface area contributed by atoms with Gasteiger partial charge in [0.1, 0.15) is 0 Å². The third-order valence-corrected chi connectivity index (χ3v) is 2.94. The van der Waals surface area contributed by atoms with Crippen molar-refractivity contribution >= 4 is 23.1 Å². The van der Waals surface area contributed by atoms with Gasteiger partial charge in [0.25, 0.3) is 0 Å². The Morgan fingerprint density at radius 1 is 1.10 bits per heavy atom. The molecular weight excluding hydrogens is 250 g/mol. The summed E-state index contributed by atoms with van der Waals surface area (Å²) in [6, 6.07) is 16.6. The lowest BCUT2D eigenvalue weighted by Crippen LogP contribution is -2.36. The summed E-state index contributed by atoms with van der Waals surface area (Å²) in [4.78, 5) is 14.1. The van der Waals surface area contributed by atoms with Gasteiger partial charge >= 0.3 is 6.03 Å². The first-order valence-corrected chi connectivity index (χ1v) is 6.70. The molecule has 3 N–H and O–H groups in total. The average molecular weight is 269 g/mol. The van der Waals surface area contributed by atoms with Crippen molar-refractivity contribution in [1.29, 1.82) is 0 Å². The quantitative estimate of drug-likeness (QED) is 0.831. The van der Waals surface area contributed by atoms with Gasteiger partial charge in [0.05, 0.1) is 11.4 Å². The number of nitrogens with two attached hydrogens (primary N) is 1. The normalized spacial score (nSPS) is 10.1. The molecule has 0 atom stereocenters. The minimum Gasteiger partial charge on any atom is -0.397 e. The molecular formula is C16H19N3O. The Balaban J connectivity index is 2.20. The molecule has 0 spiro atoms. The van der Waals surface area contributed by atoms with E-state index in [0.29, 0.717) is 12.2 Å². The summed E-state index contributed by atoms with van der Waals surface area (Å²) in [6.07, 6.45) is 0.858. The molecule has 0 saturated heterocycles. The lowest BCUT2D eigenvalue weighted by molar-refractivity contribution is 0.257. The van der Waals surface area contributed by atoms with Crippen LogP contribution in [0.1, 0.15) is 13.3 Å². The van der Waals surface area contributed by atoms with Gasteiger partial charge in [-0.2, -0.15) is 0 Å². The van der Waals surface area contributed by atoms with Crippen molar-refractivity contribution in [3.8, 4) is 0 Å². The number of para-hydroxylation sites is 3. The van der Waals surface area contributed by atoms with Gasteiger partial charge in [-0.25, -0.2) is 4.79 Å². The molecule has 4 nitrogen and oxygen atoms in total. The van der Waals surface area contributed by atoms with E-state index in [4.69, 9.17) is 5.73 Å². The number of benzene rings is 2. The zero-order valence-electron chi connectivity index (χ0n) is 11.5. The van der Waals surface area contributed by atoms with E-state index in [2.05, 4.69) is 5.32 Å². The Kier molecular flexibility index (Phi) is 4.60. The summed E-state index contributed by atoms with van der Waals surface area (Å²) in [6.45, 7) is 2.65. The Hall–Kier alpha value is -2.49. The summed E-state index contributed by atoms with van der Waals surface area (Å²) in [5, 5.41) is 2.88. The fourth-order valence-electron chi connectivity index (χ4n) is 2.00. The number of urea groups is 1. The summed E-state index contributed by atoms with van der Waals surface area (Å²) >= 11 is 0. The predicted molar refractivity (Wildman–Crippen MR) is 84.0 cm³/mol. The molecule has 104 valence electrons. The smallest absolute Gasteiger partial charge is 0.326 e. The topological polar surface area (TPSA) is 58.4 Å². The summed E-state index contributed by atoms with van der Waals surface area (Å²) < 4.78 is 0. The van der Waals surface area contributed by atoms with E-state index in [-0.39, 0.29) is 6.03 Å². The fraction of sp³-hybridized carbons (Fsp3) is 0.188. The second-order valence-electron chi connectivity index (χ2n) is 4.51. The molecule has 0 aromatic heterocycles. The highest BCUT2D eigenvalue weighted by atomic mass is 16.2. The van der Waals surface area contributed by atoms with E-state index in [1.807, 2.05) is 55.5 Å². The molecule has 2 aromatic rings. The van der Waals surface area contributed by atoms with Crippen molar-refractivity contribution in [3.05, 3.63) is 54.6 Å². The van der Waals surface area contributed by atoms with Gasteiger partial charge in [-0.15, -0.1) is 0 Å². The number of nitrogen functional groups attached to an aromatic ring is 1. The minimum atomic E-state index is -0.170. The van der Waals surface area contributed by atoms with Crippen molar-refractivity contribution in [3.63, 3.8) is 0 Å². The van der Waals surface area contributed by atoms with Crippen LogP contribution >= 0.6 is 0 Å². The number of nitrogens with zero attached hydrogens (tertiary/aromatic N) is 1. The number of anilines is 3. The van der Waals surface area contributed by atoms with Crippen molar-refractivity contribution in [1.82, 2.24) is 0 Å². The van der Waals surface area contributed by atoms with Crippen LogP contribution < -0.4 is 16.0 Å². The lowest BCUT2D eigenvalue weighted by atomic mass is 10.2. The molecule has 0 bridgehead atoms. The van der Waals surface area contributed by atoms with Crippen LogP contribution in [0.4, 0.5) is 21.9 Å². The molecule has 0 heterocycles. The van der Waals surface area contributed by atoms with Crippen LogP contribution in [0.2, 0.25) is 0 Å². The van der Waals surface area contributed by atoms with Gasteiger partial charge in [-0.05, 0) is 30.7 Å². The van der Waals surface area contributed by atoms with E-state index >= 15 is 0 Å². The Morgan fingerprint density at radius 2 is 1.75 bits per heavy atom. The van der Waals surface area contributed by atoms with Crippen molar-refractivity contribution in [2.24, 2.45) is 0 Å². The second-order valence-corrected chi connectivity index (χ2v) is 4.51. The number of nitrogens with one attached hydrogen (secondary N) is 1. The average Bonchev–Trinajstić information content (AvgIpc) is 2.47. The molecule has 0 radical (unpaired) electrons. The van der Waals surface area contributed by atoms with Crippen molar-refractivity contribution in [2.75, 3.05) is 22.5 Å². The molecule has 0 aliphatic heterocycles. The molecule has 0 aliphatic carbocycles. The van der Waals surface area contributed by atoms with E-state index in [9.17, 15) is 4.79 Å². The van der Waals surface area contributed by atoms with Crippen LogP contribution in [0.5, 0.6) is 0 Å². The zero-order valence-corrected chi connectivity index (χ0v) is 11.5. The van der Waals surface area contributed by atoms with Crippen LogP contribution in [0.25, 0.3) is 0 Å². The maximum atomic E-state index is 12.4.